The Bertz CT molecular complexity index is 1650. The van der Waals surface area contributed by atoms with Gasteiger partial charge >= 0.3 is 11.7 Å². The molecule has 37 heavy (non-hydrogen) atoms. The van der Waals surface area contributed by atoms with Gasteiger partial charge in [-0.05, 0) is 34.9 Å². The Balaban J connectivity index is 1.27. The number of benzene rings is 3. The lowest BCUT2D eigenvalue weighted by Gasteiger charge is -2.08. The number of carbonyl (C=O) groups excluding carboxylic acids is 1. The average molecular weight is 513 g/mol. The minimum absolute atomic E-state index is 0.0726. The Labute approximate surface area is 216 Å². The maximum atomic E-state index is 13.1. The van der Waals surface area contributed by atoms with Crippen LogP contribution in [0.15, 0.2) is 101 Å². The third-order valence-electron chi connectivity index (χ3n) is 5.94. The molecule has 0 saturated carbocycles. The van der Waals surface area contributed by atoms with Crippen LogP contribution in [-0.2, 0) is 31.5 Å². The molecule has 0 unspecified atom stereocenters. The first-order valence-electron chi connectivity index (χ1n) is 11.7. The minimum Gasteiger partial charge on any atom is -0.489 e. The predicted molar refractivity (Wildman–Crippen MR) is 143 cm³/mol. The molecule has 0 aliphatic carbocycles. The maximum Gasteiger partial charge on any atom is 0.348 e. The van der Waals surface area contributed by atoms with Crippen LogP contribution >= 0.6 is 11.3 Å². The van der Waals surface area contributed by atoms with Crippen LogP contribution in [0.25, 0.3) is 10.2 Å². The fourth-order valence-corrected chi connectivity index (χ4v) is 4.93. The third kappa shape index (κ3) is 5.39. The van der Waals surface area contributed by atoms with Crippen molar-refractivity contribution in [2.24, 2.45) is 7.05 Å². The lowest BCUT2D eigenvalue weighted by atomic mass is 10.2. The van der Waals surface area contributed by atoms with Crippen molar-refractivity contribution in [3.63, 3.8) is 0 Å². The predicted octanol–water partition coefficient (Wildman–Crippen LogP) is 4.75. The largest absolute Gasteiger partial charge is 0.489 e. The summed E-state index contributed by atoms with van der Waals surface area (Å²) >= 11 is 1.07. The normalized spacial score (nSPS) is 10.9. The number of fused-ring (bicyclic) bond motifs is 1. The van der Waals surface area contributed by atoms with E-state index in [0.717, 1.165) is 33.8 Å². The second kappa shape index (κ2) is 10.7. The Morgan fingerprint density at radius 3 is 2.11 bits per heavy atom. The van der Waals surface area contributed by atoms with E-state index in [4.69, 9.17) is 9.47 Å². The van der Waals surface area contributed by atoms with Gasteiger partial charge in [0.15, 0.2) is 0 Å². The van der Waals surface area contributed by atoms with Gasteiger partial charge in [0.25, 0.3) is 5.56 Å². The summed E-state index contributed by atoms with van der Waals surface area (Å²) in [6.45, 7) is 0.697. The van der Waals surface area contributed by atoms with Crippen LogP contribution in [-0.4, -0.2) is 15.1 Å². The zero-order valence-corrected chi connectivity index (χ0v) is 20.9. The highest BCUT2D eigenvalue weighted by atomic mass is 32.1. The summed E-state index contributed by atoms with van der Waals surface area (Å²) < 4.78 is 13.9. The van der Waals surface area contributed by atoms with E-state index in [1.54, 1.807) is 7.05 Å². The molecule has 2 aromatic heterocycles. The smallest absolute Gasteiger partial charge is 0.348 e. The van der Waals surface area contributed by atoms with Gasteiger partial charge in [0.2, 0.25) is 0 Å². The van der Waals surface area contributed by atoms with Gasteiger partial charge in [-0.2, -0.15) is 0 Å². The van der Waals surface area contributed by atoms with Crippen molar-refractivity contribution < 1.29 is 14.3 Å². The summed E-state index contributed by atoms with van der Waals surface area (Å²) in [4.78, 5) is 39.4. The summed E-state index contributed by atoms with van der Waals surface area (Å²) in [5, 5.41) is 0.315. The number of aromatic nitrogens is 2. The quantitative estimate of drug-likeness (QED) is 0.281. The third-order valence-corrected chi connectivity index (χ3v) is 7.13. The number of hydrogen-bond donors (Lipinski definition) is 0. The van der Waals surface area contributed by atoms with Gasteiger partial charge in [-0.25, -0.2) is 9.59 Å². The minimum atomic E-state index is -0.549. The summed E-state index contributed by atoms with van der Waals surface area (Å²) in [5.41, 5.74) is 1.86. The van der Waals surface area contributed by atoms with E-state index in [9.17, 15) is 14.4 Å². The Hall–Kier alpha value is -4.43. The van der Waals surface area contributed by atoms with Crippen molar-refractivity contribution >= 4 is 27.5 Å². The summed E-state index contributed by atoms with van der Waals surface area (Å²) in [6, 6.07) is 28.0. The van der Waals surface area contributed by atoms with Crippen LogP contribution in [0, 0.1) is 0 Å². The van der Waals surface area contributed by atoms with Gasteiger partial charge in [0.05, 0.1) is 11.9 Å². The molecule has 0 spiro atoms. The molecule has 0 fully saturated rings. The van der Waals surface area contributed by atoms with Gasteiger partial charge in [0, 0.05) is 7.05 Å². The molecule has 7 nitrogen and oxygen atoms in total. The molecule has 3 aromatic carbocycles. The van der Waals surface area contributed by atoms with Crippen LogP contribution in [0.2, 0.25) is 0 Å². The van der Waals surface area contributed by atoms with Crippen molar-refractivity contribution in [1.29, 1.82) is 0 Å². The molecule has 0 bridgehead atoms. The van der Waals surface area contributed by atoms with Crippen molar-refractivity contribution in [2.45, 2.75) is 19.8 Å². The highest BCUT2D eigenvalue weighted by Crippen LogP contribution is 2.23. The molecule has 0 N–H and O–H groups in total. The summed E-state index contributed by atoms with van der Waals surface area (Å²) in [5.74, 6) is 0.170. The zero-order valence-electron chi connectivity index (χ0n) is 20.1. The molecule has 0 saturated heterocycles. The van der Waals surface area contributed by atoms with Gasteiger partial charge < -0.3 is 9.47 Å². The van der Waals surface area contributed by atoms with Crippen molar-refractivity contribution in [2.75, 3.05) is 0 Å². The summed E-state index contributed by atoms with van der Waals surface area (Å²) in [6.07, 6.45) is 0. The maximum absolute atomic E-state index is 13.1. The SMILES string of the molecule is Cn1c(=O)n(Cc2ccccc2)c(=O)c2cc(C(=O)OCc3ccc(OCc4ccccc4)cc3)sc21. The monoisotopic (exact) mass is 512 g/mol. The van der Waals surface area contributed by atoms with Gasteiger partial charge in [-0.15, -0.1) is 11.3 Å². The molecule has 2 heterocycles. The van der Waals surface area contributed by atoms with Gasteiger partial charge in [0.1, 0.15) is 28.7 Å². The number of hydrogen-bond acceptors (Lipinski definition) is 6. The number of esters is 1. The number of nitrogens with zero attached hydrogens (tertiary/aromatic N) is 2. The van der Waals surface area contributed by atoms with Crippen LogP contribution in [0.4, 0.5) is 0 Å². The first-order chi connectivity index (χ1) is 18.0. The highest BCUT2D eigenvalue weighted by Gasteiger charge is 2.19. The van der Waals surface area contributed by atoms with Gasteiger partial charge in [-0.1, -0.05) is 72.8 Å². The molecule has 186 valence electrons. The molecule has 0 atom stereocenters. The van der Waals surface area contributed by atoms with E-state index in [0.29, 0.717) is 16.8 Å². The van der Waals surface area contributed by atoms with E-state index in [2.05, 4.69) is 0 Å². The second-order valence-electron chi connectivity index (χ2n) is 8.54. The van der Waals surface area contributed by atoms with E-state index in [1.165, 1.54) is 15.2 Å². The van der Waals surface area contributed by atoms with Crippen LogP contribution < -0.4 is 16.0 Å². The fraction of sp³-hybridized carbons (Fsp3) is 0.138. The second-order valence-corrected chi connectivity index (χ2v) is 9.57. The lowest BCUT2D eigenvalue weighted by molar-refractivity contribution is 0.0478. The molecule has 0 amide bonds. The molecule has 0 aliphatic rings. The topological polar surface area (TPSA) is 79.5 Å². The number of rotatable bonds is 8. The van der Waals surface area contributed by atoms with Gasteiger partial charge in [-0.3, -0.25) is 13.9 Å². The molecule has 8 heteroatoms. The van der Waals surface area contributed by atoms with Crippen molar-refractivity contribution in [3.05, 3.63) is 133 Å². The molecular formula is C29H24N2O5S. The number of carbonyl (C=O) groups is 1. The van der Waals surface area contributed by atoms with Crippen molar-refractivity contribution in [1.82, 2.24) is 9.13 Å². The molecule has 5 aromatic rings. The molecule has 0 aliphatic heterocycles. The Morgan fingerprint density at radius 2 is 1.43 bits per heavy atom. The summed E-state index contributed by atoms with van der Waals surface area (Å²) in [7, 11) is 1.60. The Morgan fingerprint density at radius 1 is 0.811 bits per heavy atom. The van der Waals surface area contributed by atoms with E-state index >= 15 is 0 Å². The zero-order chi connectivity index (χ0) is 25.8. The van der Waals surface area contributed by atoms with Crippen LogP contribution in [0.1, 0.15) is 26.4 Å². The van der Waals surface area contributed by atoms with Crippen LogP contribution in [0.5, 0.6) is 5.75 Å². The number of ether oxygens (including phenoxy) is 2. The number of aryl methyl sites for hydroxylation is 1. The van der Waals surface area contributed by atoms with E-state index in [1.807, 2.05) is 84.9 Å². The highest BCUT2D eigenvalue weighted by molar-refractivity contribution is 7.20. The Kier molecular flexibility index (Phi) is 7.00. The van der Waals surface area contributed by atoms with E-state index in [-0.39, 0.29) is 18.0 Å². The van der Waals surface area contributed by atoms with Crippen molar-refractivity contribution in [3.8, 4) is 5.75 Å². The number of thiophene rings is 1. The first-order valence-corrected chi connectivity index (χ1v) is 12.5. The first kappa shape index (κ1) is 24.3. The standard InChI is InChI=1S/C29H24N2O5S/c1-30-27-24(26(32)31(29(30)34)17-20-8-4-2-5-9-20)16-25(37-27)28(33)36-19-22-12-14-23(15-13-22)35-18-21-10-6-3-7-11-21/h2-16H,17-19H2,1H3. The molecular weight excluding hydrogens is 488 g/mol. The lowest BCUT2D eigenvalue weighted by Crippen LogP contribution is -2.38. The fourth-order valence-electron chi connectivity index (χ4n) is 3.93. The molecule has 0 radical (unpaired) electrons. The van der Waals surface area contributed by atoms with Crippen LogP contribution in [0.3, 0.4) is 0 Å². The van der Waals surface area contributed by atoms with E-state index < -0.39 is 17.2 Å². The molecule has 5 rings (SSSR count). The average Bonchev–Trinajstić information content (AvgIpc) is 3.40.